The lowest BCUT2D eigenvalue weighted by molar-refractivity contribution is 0.0992. The van der Waals surface area contributed by atoms with Crippen LogP contribution in [0.25, 0.3) is 11.4 Å². The molecule has 0 saturated heterocycles. The van der Waals surface area contributed by atoms with E-state index in [2.05, 4.69) is 39.7 Å². The number of aryl methyl sites for hydroxylation is 2. The first-order valence-electron chi connectivity index (χ1n) is 13.2. The number of nitrogens with zero attached hydrogens (tertiary/aromatic N) is 2. The van der Waals surface area contributed by atoms with Gasteiger partial charge in [0.15, 0.2) is 11.5 Å². The molecule has 0 aliphatic rings. The average molecular weight is 555 g/mol. The third kappa shape index (κ3) is 6.55. The molecular formula is C31H30N4O6. The topological polar surface area (TPSA) is 146 Å². The molecule has 10 heteroatoms. The molecule has 0 spiro atoms. The molecule has 0 saturated carbocycles. The fourth-order valence-corrected chi connectivity index (χ4v) is 4.49. The van der Waals surface area contributed by atoms with Crippen LogP contribution in [0.1, 0.15) is 58.3 Å². The number of amides is 1. The van der Waals surface area contributed by atoms with E-state index in [1.807, 2.05) is 66.7 Å². The highest BCUT2D eigenvalue weighted by Crippen LogP contribution is 2.36. The van der Waals surface area contributed by atoms with Crippen LogP contribution in [0.2, 0.25) is 0 Å². The summed E-state index contributed by atoms with van der Waals surface area (Å²) in [6.45, 7) is 5.00. The molecule has 2 aromatic heterocycles. The van der Waals surface area contributed by atoms with Crippen LogP contribution in [0.3, 0.4) is 0 Å². The Morgan fingerprint density at radius 1 is 0.878 bits per heavy atom. The zero-order valence-electron chi connectivity index (χ0n) is 22.8. The van der Waals surface area contributed by atoms with Crippen LogP contribution in [0, 0.1) is 0 Å². The first-order chi connectivity index (χ1) is 19.9. The van der Waals surface area contributed by atoms with Crippen LogP contribution in [-0.2, 0) is 26.1 Å². The number of aromatic amines is 1. The van der Waals surface area contributed by atoms with Gasteiger partial charge in [0.05, 0.1) is 5.56 Å². The average Bonchev–Trinajstić information content (AvgIpc) is 3.61. The van der Waals surface area contributed by atoms with Crippen molar-refractivity contribution in [1.29, 1.82) is 0 Å². The van der Waals surface area contributed by atoms with E-state index in [4.69, 9.17) is 19.7 Å². The summed E-state index contributed by atoms with van der Waals surface area (Å²) in [7, 11) is 0. The quantitative estimate of drug-likeness (QED) is 0.214. The number of nitrogens with one attached hydrogen (secondary N) is 1. The fourth-order valence-electron chi connectivity index (χ4n) is 4.49. The van der Waals surface area contributed by atoms with E-state index in [-0.39, 0.29) is 23.0 Å². The Balaban J connectivity index is 1.47. The first-order valence-corrected chi connectivity index (χ1v) is 13.2. The Bertz CT molecular complexity index is 1670. The van der Waals surface area contributed by atoms with Gasteiger partial charge in [-0.3, -0.25) is 14.3 Å². The Hall–Kier alpha value is -5.12. The van der Waals surface area contributed by atoms with Crippen LogP contribution >= 0.6 is 0 Å². The molecule has 0 atom stereocenters. The second-order valence-electron chi connectivity index (χ2n) is 9.84. The predicted molar refractivity (Wildman–Crippen MR) is 151 cm³/mol. The van der Waals surface area contributed by atoms with E-state index in [1.165, 1.54) is 0 Å². The van der Waals surface area contributed by atoms with Crippen molar-refractivity contribution in [2.24, 2.45) is 5.73 Å². The van der Waals surface area contributed by atoms with Gasteiger partial charge < -0.3 is 19.7 Å². The second-order valence-corrected chi connectivity index (χ2v) is 9.84. The van der Waals surface area contributed by atoms with Crippen LogP contribution in [0.4, 0.5) is 0 Å². The first kappa shape index (κ1) is 27.4. The second kappa shape index (κ2) is 12.4. The zero-order valence-corrected chi connectivity index (χ0v) is 22.8. The smallest absolute Gasteiger partial charge is 0.439 e. The summed E-state index contributed by atoms with van der Waals surface area (Å²) in [5.41, 5.74) is 9.57. The number of benzene rings is 3. The monoisotopic (exact) mass is 554 g/mol. The van der Waals surface area contributed by atoms with Crippen LogP contribution in [-0.4, -0.2) is 21.2 Å². The van der Waals surface area contributed by atoms with Crippen molar-refractivity contribution < 1.29 is 23.3 Å². The molecule has 10 nitrogen and oxygen atoms in total. The highest BCUT2D eigenvalue weighted by atomic mass is 16.5. The third-order valence-corrected chi connectivity index (χ3v) is 6.58. The Kier molecular flexibility index (Phi) is 8.28. The normalized spacial score (nSPS) is 11.1. The summed E-state index contributed by atoms with van der Waals surface area (Å²) >= 11 is 0. The number of hydrogen-bond acceptors (Lipinski definition) is 8. The molecule has 3 N–H and O–H groups in total. The summed E-state index contributed by atoms with van der Waals surface area (Å²) < 4.78 is 22.7. The van der Waals surface area contributed by atoms with E-state index < -0.39 is 11.7 Å². The molecule has 1 amide bonds. The maximum Gasteiger partial charge on any atom is 0.439 e. The molecule has 0 bridgehead atoms. The lowest BCUT2D eigenvalue weighted by atomic mass is 9.96. The number of rotatable bonds is 12. The predicted octanol–water partition coefficient (Wildman–Crippen LogP) is 5.18. The highest BCUT2D eigenvalue weighted by molar-refractivity contribution is 5.97. The molecule has 0 aliphatic carbocycles. The van der Waals surface area contributed by atoms with Crippen molar-refractivity contribution >= 4 is 5.91 Å². The molecule has 2 heterocycles. The number of H-pyrrole nitrogens is 1. The van der Waals surface area contributed by atoms with Gasteiger partial charge >= 0.3 is 5.76 Å². The maximum absolute atomic E-state index is 12.0. The lowest BCUT2D eigenvalue weighted by Crippen LogP contribution is -2.13. The molecule has 0 radical (unpaired) electrons. The molecule has 0 unspecified atom stereocenters. The van der Waals surface area contributed by atoms with Crippen molar-refractivity contribution in [3.63, 3.8) is 0 Å². The molecule has 210 valence electrons. The summed E-state index contributed by atoms with van der Waals surface area (Å²) in [5.74, 6) is 0.338. The van der Waals surface area contributed by atoms with Crippen molar-refractivity contribution in [3.8, 4) is 22.9 Å². The van der Waals surface area contributed by atoms with Gasteiger partial charge in [-0.15, -0.1) is 0 Å². The van der Waals surface area contributed by atoms with Gasteiger partial charge in [-0.1, -0.05) is 84.8 Å². The van der Waals surface area contributed by atoms with E-state index in [0.717, 1.165) is 28.0 Å². The Labute approximate surface area is 236 Å². The molecule has 3 aromatic carbocycles. The molecule has 5 aromatic rings. The van der Waals surface area contributed by atoms with Gasteiger partial charge in [0.25, 0.3) is 5.91 Å². The minimum Gasteiger partial charge on any atom is -0.488 e. The van der Waals surface area contributed by atoms with Gasteiger partial charge in [-0.2, -0.15) is 0 Å². The Morgan fingerprint density at radius 2 is 1.51 bits per heavy atom. The Morgan fingerprint density at radius 3 is 2.07 bits per heavy atom. The highest BCUT2D eigenvalue weighted by Gasteiger charge is 2.25. The summed E-state index contributed by atoms with van der Waals surface area (Å²) in [4.78, 5) is 26.0. The largest absolute Gasteiger partial charge is 0.488 e. The summed E-state index contributed by atoms with van der Waals surface area (Å²) in [5, 5.41) is 7.52. The third-order valence-electron chi connectivity index (χ3n) is 6.58. The maximum atomic E-state index is 12.0. The number of carbonyl (C=O) groups excluding carboxylic acids is 1. The molecule has 0 fully saturated rings. The van der Waals surface area contributed by atoms with E-state index in [0.29, 0.717) is 37.6 Å². The van der Waals surface area contributed by atoms with Crippen molar-refractivity contribution in [1.82, 2.24) is 15.3 Å². The van der Waals surface area contributed by atoms with E-state index in [9.17, 15) is 9.59 Å². The number of ether oxygens (including phenoxy) is 2. The van der Waals surface area contributed by atoms with Gasteiger partial charge in [-0.05, 0) is 40.7 Å². The van der Waals surface area contributed by atoms with Crippen LogP contribution in [0.5, 0.6) is 11.5 Å². The number of nitrogens with two attached hydrogens (primary N) is 1. The SMILES string of the molecule is CC(C)c1cc(CCc2onc(C(N)=O)c2-c2noc(=O)[nH]2)c(OCc2ccccc2)cc1OCc1ccccc1. The van der Waals surface area contributed by atoms with Gasteiger partial charge in [0.1, 0.15) is 30.5 Å². The van der Waals surface area contributed by atoms with E-state index >= 15 is 0 Å². The van der Waals surface area contributed by atoms with Crippen LogP contribution < -0.4 is 21.0 Å². The minimum absolute atomic E-state index is 0.0214. The van der Waals surface area contributed by atoms with Gasteiger partial charge in [0.2, 0.25) is 0 Å². The standard InChI is InChI=1S/C31H30N4O6/c1-19(2)23-15-22(13-14-24-27(28(29(32)36)34-40-24)30-33-31(37)41-35-30)25(38-17-20-9-5-3-6-10-20)16-26(23)39-18-21-11-7-4-8-12-21/h3-12,15-16,19H,13-14,17-18H2,1-2H3,(H2,32,36)(H,33,35,37). The van der Waals surface area contributed by atoms with Crippen molar-refractivity contribution in [3.05, 3.63) is 117 Å². The lowest BCUT2D eigenvalue weighted by Gasteiger charge is -2.20. The number of hydrogen-bond donors (Lipinski definition) is 2. The summed E-state index contributed by atoms with van der Waals surface area (Å²) in [6.07, 6.45) is 0.777. The van der Waals surface area contributed by atoms with E-state index in [1.54, 1.807) is 0 Å². The zero-order chi connectivity index (χ0) is 28.8. The van der Waals surface area contributed by atoms with Crippen LogP contribution in [0.15, 0.2) is 86.6 Å². The number of aromatic nitrogens is 3. The molecule has 5 rings (SSSR count). The minimum atomic E-state index is -0.812. The number of primary amides is 1. The fraction of sp³-hybridized carbons (Fsp3) is 0.226. The summed E-state index contributed by atoms with van der Waals surface area (Å²) in [6, 6.07) is 23.9. The molecule has 41 heavy (non-hydrogen) atoms. The van der Waals surface area contributed by atoms with Gasteiger partial charge in [-0.25, -0.2) is 4.79 Å². The molecule has 0 aliphatic heterocycles. The van der Waals surface area contributed by atoms with Crippen molar-refractivity contribution in [2.45, 2.75) is 45.8 Å². The molecular weight excluding hydrogens is 524 g/mol. The van der Waals surface area contributed by atoms with Crippen molar-refractivity contribution in [2.75, 3.05) is 0 Å². The van der Waals surface area contributed by atoms with Gasteiger partial charge in [0, 0.05) is 12.5 Å². The number of carbonyl (C=O) groups is 1.